The molecule has 4 rings (SSSR count). The molecule has 9 heteroatoms. The molecule has 0 spiro atoms. The number of nitrogens with one attached hydrogen (secondary N) is 1. The Balaban J connectivity index is 1.78. The molecular weight excluding hydrogens is 468 g/mol. The normalized spacial score (nSPS) is 12.3. The smallest absolute Gasteiger partial charge is 0.221 e. The third kappa shape index (κ3) is 5.08. The molecule has 4 aromatic rings. The van der Waals surface area contributed by atoms with Crippen molar-refractivity contribution in [3.8, 4) is 10.4 Å². The van der Waals surface area contributed by atoms with Gasteiger partial charge in [0.15, 0.2) is 6.29 Å². The predicted molar refractivity (Wildman–Crippen MR) is 140 cm³/mol. The Morgan fingerprint density at radius 3 is 2.68 bits per heavy atom. The monoisotopic (exact) mass is 490 g/mol. The number of carbonyl (C=O) groups excluding carboxylic acids is 1. The average Bonchev–Trinajstić information content (AvgIpc) is 3.37. The summed E-state index contributed by atoms with van der Waals surface area (Å²) >= 11 is 7.78. The molecule has 0 aliphatic carbocycles. The topological polar surface area (TPSA) is 97.0 Å². The Hall–Kier alpha value is -3.75. The Morgan fingerprint density at radius 2 is 1.97 bits per heavy atom. The Labute approximate surface area is 207 Å². The first-order valence-electron chi connectivity index (χ1n) is 10.5. The summed E-state index contributed by atoms with van der Waals surface area (Å²) in [5.74, 6) is 0.765. The number of anilines is 3. The lowest BCUT2D eigenvalue weighted by atomic mass is 10.0. The number of rotatable bonds is 8. The minimum Gasteiger partial charge on any atom is -0.368 e. The van der Waals surface area contributed by atoms with Gasteiger partial charge in [-0.3, -0.25) is 9.78 Å². The number of hydrogen-bond acceptors (Lipinski definition) is 8. The van der Waals surface area contributed by atoms with Gasteiger partial charge in [0.1, 0.15) is 5.82 Å². The Bertz CT molecular complexity index is 1310. The second-order valence-corrected chi connectivity index (χ2v) is 8.84. The second kappa shape index (κ2) is 10.5. The van der Waals surface area contributed by atoms with Gasteiger partial charge in [-0.1, -0.05) is 41.9 Å². The molecular formula is C25H23ClN6OS. The molecule has 0 fully saturated rings. The number of nitrogen functional groups attached to an aromatic ring is 1. The first kappa shape index (κ1) is 23.4. The predicted octanol–water partition coefficient (Wildman–Crippen LogP) is 5.63. The summed E-state index contributed by atoms with van der Waals surface area (Å²) in [4.78, 5) is 27.5. The molecule has 0 saturated carbocycles. The van der Waals surface area contributed by atoms with Gasteiger partial charge in [-0.05, 0) is 36.8 Å². The van der Waals surface area contributed by atoms with Gasteiger partial charge in [0.2, 0.25) is 5.95 Å². The van der Waals surface area contributed by atoms with Crippen molar-refractivity contribution in [1.82, 2.24) is 15.0 Å². The van der Waals surface area contributed by atoms with E-state index < -0.39 is 0 Å². The lowest BCUT2D eigenvalue weighted by Gasteiger charge is -2.29. The van der Waals surface area contributed by atoms with E-state index in [0.717, 1.165) is 33.7 Å². The standard InChI is InChI=1S/C25H23ClN6OS/c1-16(30-24-19(12-29-25(27)31-24)23-13-28-15-34-23)22(32(2)18-8-4-3-5-9-18)11-17-7-6-10-21(26)20(17)14-33/h3-16H,1-2H3,(H3,27,29,30,31)/b22-11-/t16-/m0/s1. The second-order valence-electron chi connectivity index (χ2n) is 7.55. The molecule has 3 N–H and O–H groups in total. The molecule has 7 nitrogen and oxygen atoms in total. The zero-order valence-electron chi connectivity index (χ0n) is 18.6. The fraction of sp³-hybridized carbons (Fsp3) is 0.120. The lowest BCUT2D eigenvalue weighted by molar-refractivity contribution is 0.112. The maximum atomic E-state index is 11.8. The van der Waals surface area contributed by atoms with Crippen LogP contribution in [0.25, 0.3) is 16.5 Å². The van der Waals surface area contributed by atoms with E-state index in [0.29, 0.717) is 16.4 Å². The van der Waals surface area contributed by atoms with E-state index in [2.05, 4.69) is 25.2 Å². The van der Waals surface area contributed by atoms with Crippen LogP contribution in [0, 0.1) is 0 Å². The number of para-hydroxylation sites is 1. The van der Waals surface area contributed by atoms with Crippen LogP contribution in [0.15, 0.2) is 72.1 Å². The van der Waals surface area contributed by atoms with Crippen LogP contribution < -0.4 is 16.0 Å². The van der Waals surface area contributed by atoms with Crippen molar-refractivity contribution < 1.29 is 4.79 Å². The molecule has 2 heterocycles. The van der Waals surface area contributed by atoms with Gasteiger partial charge >= 0.3 is 0 Å². The highest BCUT2D eigenvalue weighted by atomic mass is 35.5. The van der Waals surface area contributed by atoms with E-state index in [9.17, 15) is 4.79 Å². The van der Waals surface area contributed by atoms with E-state index in [4.69, 9.17) is 17.3 Å². The number of halogens is 1. The molecule has 34 heavy (non-hydrogen) atoms. The largest absolute Gasteiger partial charge is 0.368 e. The summed E-state index contributed by atoms with van der Waals surface area (Å²) in [6.07, 6.45) is 6.19. The number of benzene rings is 2. The minimum atomic E-state index is -0.232. The molecule has 0 bridgehead atoms. The van der Waals surface area contributed by atoms with E-state index >= 15 is 0 Å². The van der Waals surface area contributed by atoms with Gasteiger partial charge in [0.05, 0.1) is 27.0 Å². The fourth-order valence-electron chi connectivity index (χ4n) is 3.59. The fourth-order valence-corrected chi connectivity index (χ4v) is 4.45. The zero-order valence-corrected chi connectivity index (χ0v) is 20.2. The highest BCUT2D eigenvalue weighted by Gasteiger charge is 2.19. The van der Waals surface area contributed by atoms with Crippen molar-refractivity contribution in [2.24, 2.45) is 0 Å². The highest BCUT2D eigenvalue weighted by molar-refractivity contribution is 7.13. The molecule has 2 aromatic carbocycles. The van der Waals surface area contributed by atoms with Crippen molar-refractivity contribution in [2.75, 3.05) is 23.0 Å². The quantitative estimate of drug-likeness (QED) is 0.309. The summed E-state index contributed by atoms with van der Waals surface area (Å²) in [7, 11) is 1.98. The summed E-state index contributed by atoms with van der Waals surface area (Å²) in [6.45, 7) is 2.02. The van der Waals surface area contributed by atoms with Crippen LogP contribution in [0.3, 0.4) is 0 Å². The highest BCUT2D eigenvalue weighted by Crippen LogP contribution is 2.31. The zero-order chi connectivity index (χ0) is 24.1. The van der Waals surface area contributed by atoms with Crippen LogP contribution in [-0.4, -0.2) is 34.3 Å². The summed E-state index contributed by atoms with van der Waals surface area (Å²) in [5, 5.41) is 3.88. The van der Waals surface area contributed by atoms with Crippen molar-refractivity contribution in [1.29, 1.82) is 0 Å². The number of nitrogens with zero attached hydrogens (tertiary/aromatic N) is 4. The number of aromatic nitrogens is 3. The van der Waals surface area contributed by atoms with Gasteiger partial charge in [-0.25, -0.2) is 4.98 Å². The number of hydrogen-bond donors (Lipinski definition) is 2. The lowest BCUT2D eigenvalue weighted by Crippen LogP contribution is -2.30. The number of carbonyl (C=O) groups is 1. The third-order valence-corrected chi connectivity index (χ3v) is 6.48. The van der Waals surface area contributed by atoms with Crippen LogP contribution in [0.1, 0.15) is 22.8 Å². The number of nitrogens with two attached hydrogens (primary N) is 1. The Morgan fingerprint density at radius 1 is 1.18 bits per heavy atom. The van der Waals surface area contributed by atoms with E-state index in [-0.39, 0.29) is 12.0 Å². The maximum Gasteiger partial charge on any atom is 0.221 e. The molecule has 0 aliphatic rings. The number of aldehydes is 1. The van der Waals surface area contributed by atoms with Crippen LogP contribution >= 0.6 is 22.9 Å². The molecule has 0 radical (unpaired) electrons. The van der Waals surface area contributed by atoms with Crippen LogP contribution in [0.5, 0.6) is 0 Å². The first-order valence-corrected chi connectivity index (χ1v) is 11.8. The summed E-state index contributed by atoms with van der Waals surface area (Å²) < 4.78 is 0. The van der Waals surface area contributed by atoms with Crippen LogP contribution in [-0.2, 0) is 0 Å². The number of likely N-dealkylation sites (N-methyl/N-ethyl adjacent to an activating group) is 1. The molecule has 1 atom stereocenters. The van der Waals surface area contributed by atoms with Crippen LogP contribution in [0.4, 0.5) is 17.5 Å². The van der Waals surface area contributed by atoms with E-state index in [1.54, 1.807) is 24.0 Å². The van der Waals surface area contributed by atoms with E-state index in [1.165, 1.54) is 11.3 Å². The summed E-state index contributed by atoms with van der Waals surface area (Å²) in [6, 6.07) is 15.1. The van der Waals surface area contributed by atoms with E-state index in [1.807, 2.05) is 62.5 Å². The Kier molecular flexibility index (Phi) is 7.20. The SMILES string of the molecule is C[C@H](Nc1nc(N)ncc1-c1cncs1)/C(=C/c1cccc(Cl)c1C=O)N(C)c1ccccc1. The first-order chi connectivity index (χ1) is 16.5. The molecule has 0 amide bonds. The minimum absolute atomic E-state index is 0.169. The molecule has 172 valence electrons. The third-order valence-electron chi connectivity index (χ3n) is 5.34. The molecule has 0 saturated heterocycles. The van der Waals surface area contributed by atoms with Crippen molar-refractivity contribution in [2.45, 2.75) is 13.0 Å². The maximum absolute atomic E-state index is 11.8. The average molecular weight is 491 g/mol. The van der Waals surface area contributed by atoms with Crippen molar-refractivity contribution in [3.63, 3.8) is 0 Å². The summed E-state index contributed by atoms with van der Waals surface area (Å²) in [5.41, 5.74) is 11.5. The van der Waals surface area contributed by atoms with Gasteiger partial charge in [0.25, 0.3) is 0 Å². The van der Waals surface area contributed by atoms with Gasteiger partial charge in [-0.15, -0.1) is 11.3 Å². The number of thiazole rings is 1. The van der Waals surface area contributed by atoms with Gasteiger partial charge in [0, 0.05) is 36.4 Å². The molecule has 0 aliphatic heterocycles. The van der Waals surface area contributed by atoms with Gasteiger partial charge < -0.3 is 16.0 Å². The molecule has 0 unspecified atom stereocenters. The molecule has 2 aromatic heterocycles. The van der Waals surface area contributed by atoms with Crippen molar-refractivity contribution >= 4 is 52.8 Å². The van der Waals surface area contributed by atoms with Gasteiger partial charge in [-0.2, -0.15) is 4.98 Å². The van der Waals surface area contributed by atoms with Crippen molar-refractivity contribution in [3.05, 3.63) is 88.3 Å². The van der Waals surface area contributed by atoms with Crippen LogP contribution in [0.2, 0.25) is 5.02 Å².